The third-order valence-corrected chi connectivity index (χ3v) is 2.74. The number of hydrogen-bond donors (Lipinski definition) is 1. The van der Waals surface area contributed by atoms with Gasteiger partial charge in [0.2, 0.25) is 0 Å². The standard InChI is InChI=1S/C10H13BrFN/c1-2-13-7-6-8-4-3-5-9(12)10(8)11/h3-5,13H,2,6-7H2,1H3. The van der Waals surface area contributed by atoms with E-state index in [-0.39, 0.29) is 5.82 Å². The molecule has 0 bridgehead atoms. The van der Waals surface area contributed by atoms with Crippen LogP contribution in [0.5, 0.6) is 0 Å². The minimum absolute atomic E-state index is 0.186. The van der Waals surface area contributed by atoms with Gasteiger partial charge in [-0.05, 0) is 47.1 Å². The van der Waals surface area contributed by atoms with Crippen molar-refractivity contribution in [1.29, 1.82) is 0 Å². The van der Waals surface area contributed by atoms with Crippen LogP contribution < -0.4 is 5.32 Å². The molecule has 13 heavy (non-hydrogen) atoms. The lowest BCUT2D eigenvalue weighted by Crippen LogP contribution is -2.16. The van der Waals surface area contributed by atoms with Crippen LogP contribution in [0.4, 0.5) is 4.39 Å². The predicted molar refractivity (Wildman–Crippen MR) is 56.3 cm³/mol. The van der Waals surface area contributed by atoms with Crippen LogP contribution in [-0.4, -0.2) is 13.1 Å². The van der Waals surface area contributed by atoms with Gasteiger partial charge in [0, 0.05) is 0 Å². The monoisotopic (exact) mass is 245 g/mol. The van der Waals surface area contributed by atoms with Crippen molar-refractivity contribution >= 4 is 15.9 Å². The van der Waals surface area contributed by atoms with Crippen LogP contribution in [0.15, 0.2) is 22.7 Å². The molecule has 1 aromatic carbocycles. The van der Waals surface area contributed by atoms with Crippen molar-refractivity contribution in [2.45, 2.75) is 13.3 Å². The fourth-order valence-electron chi connectivity index (χ4n) is 1.14. The lowest BCUT2D eigenvalue weighted by Gasteiger charge is -2.05. The average molecular weight is 246 g/mol. The number of rotatable bonds is 4. The van der Waals surface area contributed by atoms with E-state index in [2.05, 4.69) is 28.2 Å². The van der Waals surface area contributed by atoms with E-state index in [9.17, 15) is 4.39 Å². The Balaban J connectivity index is 2.61. The molecule has 1 nitrogen and oxygen atoms in total. The number of likely N-dealkylation sites (N-methyl/N-ethyl adjacent to an activating group) is 1. The van der Waals surface area contributed by atoms with Crippen molar-refractivity contribution in [3.63, 3.8) is 0 Å². The summed E-state index contributed by atoms with van der Waals surface area (Å²) in [5.41, 5.74) is 1.01. The molecule has 0 amide bonds. The molecular weight excluding hydrogens is 233 g/mol. The second-order valence-corrected chi connectivity index (χ2v) is 3.61. The van der Waals surface area contributed by atoms with Crippen LogP contribution in [0.25, 0.3) is 0 Å². The summed E-state index contributed by atoms with van der Waals surface area (Å²) in [5.74, 6) is -0.186. The fourth-order valence-corrected chi connectivity index (χ4v) is 1.60. The molecule has 0 saturated heterocycles. The Labute approximate surface area is 86.5 Å². The van der Waals surface area contributed by atoms with E-state index >= 15 is 0 Å². The first-order chi connectivity index (χ1) is 6.25. The highest BCUT2D eigenvalue weighted by atomic mass is 79.9. The van der Waals surface area contributed by atoms with E-state index in [0.717, 1.165) is 25.1 Å². The second-order valence-electron chi connectivity index (χ2n) is 2.82. The van der Waals surface area contributed by atoms with Gasteiger partial charge in [0.05, 0.1) is 4.47 Å². The van der Waals surface area contributed by atoms with E-state index < -0.39 is 0 Å². The van der Waals surface area contributed by atoms with Crippen LogP contribution in [0.1, 0.15) is 12.5 Å². The Hall–Kier alpha value is -0.410. The normalized spacial score (nSPS) is 10.4. The minimum Gasteiger partial charge on any atom is -0.317 e. The smallest absolute Gasteiger partial charge is 0.137 e. The van der Waals surface area contributed by atoms with Gasteiger partial charge in [0.15, 0.2) is 0 Å². The molecule has 1 aromatic rings. The third-order valence-electron chi connectivity index (χ3n) is 1.85. The molecule has 72 valence electrons. The highest BCUT2D eigenvalue weighted by molar-refractivity contribution is 9.10. The molecule has 0 heterocycles. The average Bonchev–Trinajstić information content (AvgIpc) is 2.13. The van der Waals surface area contributed by atoms with Crippen molar-refractivity contribution in [3.8, 4) is 0 Å². The van der Waals surface area contributed by atoms with Gasteiger partial charge in [0.1, 0.15) is 5.82 Å². The van der Waals surface area contributed by atoms with Gasteiger partial charge in [0.25, 0.3) is 0 Å². The van der Waals surface area contributed by atoms with Gasteiger partial charge in [-0.3, -0.25) is 0 Å². The molecule has 0 aliphatic carbocycles. The van der Waals surface area contributed by atoms with E-state index in [4.69, 9.17) is 0 Å². The van der Waals surface area contributed by atoms with Gasteiger partial charge in [-0.25, -0.2) is 4.39 Å². The molecule has 0 aliphatic heterocycles. The van der Waals surface area contributed by atoms with Crippen molar-refractivity contribution in [2.24, 2.45) is 0 Å². The molecule has 0 spiro atoms. The zero-order valence-electron chi connectivity index (χ0n) is 7.61. The number of nitrogens with one attached hydrogen (secondary N) is 1. The van der Waals surface area contributed by atoms with Crippen molar-refractivity contribution in [1.82, 2.24) is 5.32 Å². The van der Waals surface area contributed by atoms with E-state index in [1.807, 2.05) is 6.07 Å². The van der Waals surface area contributed by atoms with E-state index in [1.165, 1.54) is 6.07 Å². The van der Waals surface area contributed by atoms with Crippen LogP contribution in [-0.2, 0) is 6.42 Å². The van der Waals surface area contributed by atoms with Crippen LogP contribution in [0, 0.1) is 5.82 Å². The first kappa shape index (κ1) is 10.7. The molecule has 0 unspecified atom stereocenters. The summed E-state index contributed by atoms with van der Waals surface area (Å²) in [6.45, 7) is 3.89. The Morgan fingerprint density at radius 2 is 2.23 bits per heavy atom. The lowest BCUT2D eigenvalue weighted by molar-refractivity contribution is 0.616. The number of halogens is 2. The lowest BCUT2D eigenvalue weighted by atomic mass is 10.1. The summed E-state index contributed by atoms with van der Waals surface area (Å²) in [6, 6.07) is 5.13. The van der Waals surface area contributed by atoms with Crippen molar-refractivity contribution < 1.29 is 4.39 Å². The number of benzene rings is 1. The predicted octanol–water partition coefficient (Wildman–Crippen LogP) is 2.74. The molecule has 3 heteroatoms. The van der Waals surface area contributed by atoms with Gasteiger partial charge < -0.3 is 5.32 Å². The first-order valence-corrected chi connectivity index (χ1v) is 5.18. The van der Waals surface area contributed by atoms with Crippen LogP contribution in [0.3, 0.4) is 0 Å². The zero-order valence-corrected chi connectivity index (χ0v) is 9.20. The summed E-state index contributed by atoms with van der Waals surface area (Å²) < 4.78 is 13.6. The van der Waals surface area contributed by atoms with Gasteiger partial charge >= 0.3 is 0 Å². The molecule has 0 fully saturated rings. The molecule has 0 atom stereocenters. The number of hydrogen-bond acceptors (Lipinski definition) is 1. The highest BCUT2D eigenvalue weighted by Crippen LogP contribution is 2.20. The molecule has 1 N–H and O–H groups in total. The maximum Gasteiger partial charge on any atom is 0.137 e. The molecular formula is C10H13BrFN. The maximum atomic E-state index is 13.0. The SMILES string of the molecule is CCNCCc1cccc(F)c1Br. The summed E-state index contributed by atoms with van der Waals surface area (Å²) in [7, 11) is 0. The fraction of sp³-hybridized carbons (Fsp3) is 0.400. The molecule has 0 aliphatic rings. The van der Waals surface area contributed by atoms with E-state index in [0.29, 0.717) is 4.47 Å². The summed E-state index contributed by atoms with van der Waals surface area (Å²) >= 11 is 3.23. The van der Waals surface area contributed by atoms with Crippen molar-refractivity contribution in [2.75, 3.05) is 13.1 Å². The second kappa shape index (κ2) is 5.35. The Morgan fingerprint density at radius 3 is 2.92 bits per heavy atom. The molecule has 1 rings (SSSR count). The van der Waals surface area contributed by atoms with Gasteiger partial charge in [-0.1, -0.05) is 19.1 Å². The summed E-state index contributed by atoms with van der Waals surface area (Å²) in [6.07, 6.45) is 0.853. The quantitative estimate of drug-likeness (QED) is 0.805. The Bertz CT molecular complexity index is 276. The highest BCUT2D eigenvalue weighted by Gasteiger charge is 2.03. The largest absolute Gasteiger partial charge is 0.317 e. The van der Waals surface area contributed by atoms with Gasteiger partial charge in [-0.15, -0.1) is 0 Å². The summed E-state index contributed by atoms with van der Waals surface area (Å²) in [4.78, 5) is 0. The topological polar surface area (TPSA) is 12.0 Å². The van der Waals surface area contributed by atoms with E-state index in [1.54, 1.807) is 6.07 Å². The van der Waals surface area contributed by atoms with Gasteiger partial charge in [-0.2, -0.15) is 0 Å². The Kier molecular flexibility index (Phi) is 4.39. The minimum atomic E-state index is -0.186. The zero-order chi connectivity index (χ0) is 9.68. The Morgan fingerprint density at radius 1 is 1.46 bits per heavy atom. The molecule has 0 radical (unpaired) electrons. The molecule has 0 aromatic heterocycles. The molecule has 0 saturated carbocycles. The summed E-state index contributed by atoms with van der Waals surface area (Å²) in [5, 5.41) is 3.20. The van der Waals surface area contributed by atoms with Crippen LogP contribution >= 0.6 is 15.9 Å². The first-order valence-electron chi connectivity index (χ1n) is 4.39. The van der Waals surface area contributed by atoms with Crippen molar-refractivity contribution in [3.05, 3.63) is 34.1 Å². The maximum absolute atomic E-state index is 13.0. The third kappa shape index (κ3) is 3.08. The van der Waals surface area contributed by atoms with Crippen LogP contribution in [0.2, 0.25) is 0 Å².